The number of ether oxygens (including phenoxy) is 1. The zero-order valence-electron chi connectivity index (χ0n) is 22.4. The van der Waals surface area contributed by atoms with E-state index in [0.717, 1.165) is 48.6 Å². The van der Waals surface area contributed by atoms with E-state index >= 15 is 0 Å². The molecule has 0 N–H and O–H groups in total. The summed E-state index contributed by atoms with van der Waals surface area (Å²) < 4.78 is 11.3. The van der Waals surface area contributed by atoms with Crippen molar-refractivity contribution < 1.29 is 18.8 Å². The molecule has 0 radical (unpaired) electrons. The molecule has 1 aromatic carbocycles. The lowest BCUT2D eigenvalue weighted by molar-refractivity contribution is -0.133. The molecule has 0 unspecified atom stereocenters. The van der Waals surface area contributed by atoms with Gasteiger partial charge in [0.1, 0.15) is 12.4 Å². The molecule has 0 spiro atoms. The van der Waals surface area contributed by atoms with Crippen molar-refractivity contribution in [2.45, 2.75) is 90.0 Å². The zero-order valence-corrected chi connectivity index (χ0v) is 22.4. The molecule has 2 aromatic rings. The van der Waals surface area contributed by atoms with E-state index in [1.807, 2.05) is 30.3 Å². The Bertz CT molecular complexity index is 1120. The van der Waals surface area contributed by atoms with Crippen molar-refractivity contribution >= 4 is 12.0 Å². The SMILES string of the molecule is C=CC[C@@H](Cc1noc(C2CC(CC(C)(C)C)C2)c1C1CC1)C(=O)N1C(=O)OC[C@@H]1Cc1ccccc1. The third-order valence-corrected chi connectivity index (χ3v) is 8.08. The summed E-state index contributed by atoms with van der Waals surface area (Å²) in [5.74, 6) is 2.08. The van der Waals surface area contributed by atoms with E-state index in [1.54, 1.807) is 6.08 Å². The third-order valence-electron chi connectivity index (χ3n) is 8.08. The summed E-state index contributed by atoms with van der Waals surface area (Å²) in [4.78, 5) is 27.7. The van der Waals surface area contributed by atoms with Crippen LogP contribution in [0.15, 0.2) is 47.5 Å². The van der Waals surface area contributed by atoms with E-state index in [0.29, 0.717) is 36.5 Å². The second kappa shape index (κ2) is 10.5. The fourth-order valence-corrected chi connectivity index (χ4v) is 6.25. The standard InChI is InChI=1S/C31H40N2O4/c1-5-9-23(29(34)33-25(19-36-30(33)35)16-20-10-7-6-8-11-20)17-26-27(22-12-13-22)28(37-32-26)24-14-21(15-24)18-31(2,3)4/h5-8,10-11,21-25H,1,9,12-19H2,2-4H3/t21?,23-,24?,25-/m0/s1. The van der Waals surface area contributed by atoms with Crippen molar-refractivity contribution in [1.29, 1.82) is 0 Å². The van der Waals surface area contributed by atoms with Crippen LogP contribution in [0.5, 0.6) is 0 Å². The predicted octanol–water partition coefficient (Wildman–Crippen LogP) is 6.81. The van der Waals surface area contributed by atoms with E-state index in [-0.39, 0.29) is 18.6 Å². The molecule has 6 heteroatoms. The van der Waals surface area contributed by atoms with Crippen LogP contribution in [0.1, 0.15) is 93.7 Å². The molecular formula is C31H40N2O4. The Balaban J connectivity index is 1.31. The first kappa shape index (κ1) is 25.7. The molecule has 2 heterocycles. The van der Waals surface area contributed by atoms with Gasteiger partial charge in [0.05, 0.1) is 11.7 Å². The highest BCUT2D eigenvalue weighted by Crippen LogP contribution is 2.52. The molecule has 5 rings (SSSR count). The van der Waals surface area contributed by atoms with E-state index in [4.69, 9.17) is 9.26 Å². The van der Waals surface area contributed by atoms with Crippen LogP contribution in [0, 0.1) is 17.3 Å². The number of aromatic nitrogens is 1. The van der Waals surface area contributed by atoms with Crippen LogP contribution in [-0.2, 0) is 22.4 Å². The molecule has 2 amide bonds. The number of hydrogen-bond donors (Lipinski definition) is 0. The van der Waals surface area contributed by atoms with Crippen molar-refractivity contribution in [3.8, 4) is 0 Å². The quantitative estimate of drug-likeness (QED) is 0.333. The number of amides is 2. The zero-order chi connectivity index (χ0) is 26.2. The minimum atomic E-state index is -0.553. The van der Waals surface area contributed by atoms with Crippen LogP contribution < -0.4 is 0 Å². The molecule has 37 heavy (non-hydrogen) atoms. The molecule has 0 bridgehead atoms. The molecule has 3 fully saturated rings. The summed E-state index contributed by atoms with van der Waals surface area (Å²) in [5.41, 5.74) is 3.55. The number of hydrogen-bond acceptors (Lipinski definition) is 5. The lowest BCUT2D eigenvalue weighted by atomic mass is 9.67. The van der Waals surface area contributed by atoms with Gasteiger partial charge in [-0.2, -0.15) is 0 Å². The number of cyclic esters (lactones) is 1. The van der Waals surface area contributed by atoms with Crippen molar-refractivity contribution in [3.63, 3.8) is 0 Å². The Hall–Kier alpha value is -2.89. The van der Waals surface area contributed by atoms with Gasteiger partial charge in [0, 0.05) is 23.8 Å². The van der Waals surface area contributed by atoms with Crippen LogP contribution in [0.3, 0.4) is 0 Å². The number of nitrogens with zero attached hydrogens (tertiary/aromatic N) is 2. The second-order valence-corrected chi connectivity index (χ2v) is 12.5. The van der Waals surface area contributed by atoms with Crippen LogP contribution >= 0.6 is 0 Å². The Labute approximate surface area is 220 Å². The van der Waals surface area contributed by atoms with Gasteiger partial charge in [0.2, 0.25) is 5.91 Å². The highest BCUT2D eigenvalue weighted by atomic mass is 16.6. The van der Waals surface area contributed by atoms with E-state index < -0.39 is 12.0 Å². The fraction of sp³-hybridized carbons (Fsp3) is 0.581. The molecule has 198 valence electrons. The lowest BCUT2D eigenvalue weighted by Gasteiger charge is -2.38. The summed E-state index contributed by atoms with van der Waals surface area (Å²) in [6, 6.07) is 9.61. The highest BCUT2D eigenvalue weighted by molar-refractivity contribution is 5.95. The molecule has 1 aliphatic heterocycles. The first-order chi connectivity index (χ1) is 17.7. The maximum Gasteiger partial charge on any atom is 0.416 e. The van der Waals surface area contributed by atoms with E-state index in [2.05, 4.69) is 32.5 Å². The van der Waals surface area contributed by atoms with Crippen molar-refractivity contribution in [3.05, 3.63) is 65.6 Å². The van der Waals surface area contributed by atoms with Gasteiger partial charge in [-0.1, -0.05) is 62.3 Å². The van der Waals surface area contributed by atoms with Crippen molar-refractivity contribution in [2.24, 2.45) is 17.3 Å². The largest absolute Gasteiger partial charge is 0.447 e. The first-order valence-electron chi connectivity index (χ1n) is 13.9. The molecule has 2 atom stereocenters. The number of carbonyl (C=O) groups is 2. The Morgan fingerprint density at radius 1 is 1.19 bits per heavy atom. The summed E-state index contributed by atoms with van der Waals surface area (Å²) in [7, 11) is 0. The number of rotatable bonds is 10. The maximum atomic E-state index is 13.8. The Kier molecular flexibility index (Phi) is 7.28. The number of allylic oxidation sites excluding steroid dienone is 1. The predicted molar refractivity (Wildman–Crippen MR) is 142 cm³/mol. The minimum Gasteiger partial charge on any atom is -0.447 e. The highest BCUT2D eigenvalue weighted by Gasteiger charge is 2.44. The van der Waals surface area contributed by atoms with Crippen LogP contribution in [0.2, 0.25) is 0 Å². The average Bonchev–Trinajstić information content (AvgIpc) is 3.49. The second-order valence-electron chi connectivity index (χ2n) is 12.5. The molecule has 6 nitrogen and oxygen atoms in total. The minimum absolute atomic E-state index is 0.205. The van der Waals surface area contributed by atoms with Gasteiger partial charge >= 0.3 is 6.09 Å². The summed E-state index contributed by atoms with van der Waals surface area (Å²) in [6.45, 7) is 11.0. The third kappa shape index (κ3) is 5.83. The van der Waals surface area contributed by atoms with E-state index in [9.17, 15) is 9.59 Å². The Morgan fingerprint density at radius 3 is 2.57 bits per heavy atom. The van der Waals surface area contributed by atoms with Gasteiger partial charge in [-0.05, 0) is 67.8 Å². The molecule has 3 aliphatic rings. The van der Waals surface area contributed by atoms with Crippen LogP contribution in [0.4, 0.5) is 4.79 Å². The molecule has 2 aliphatic carbocycles. The molecular weight excluding hydrogens is 464 g/mol. The smallest absolute Gasteiger partial charge is 0.416 e. The van der Waals surface area contributed by atoms with Gasteiger partial charge in [-0.15, -0.1) is 6.58 Å². The first-order valence-corrected chi connectivity index (χ1v) is 13.9. The van der Waals surface area contributed by atoms with Gasteiger partial charge in [0.15, 0.2) is 0 Å². The summed E-state index contributed by atoms with van der Waals surface area (Å²) in [6.07, 6.45) is 8.56. The van der Waals surface area contributed by atoms with Gasteiger partial charge in [0.25, 0.3) is 0 Å². The number of carbonyl (C=O) groups excluding carboxylic acids is 2. The number of benzene rings is 1. The topological polar surface area (TPSA) is 72.6 Å². The van der Waals surface area contributed by atoms with Gasteiger partial charge in [-0.3, -0.25) is 4.79 Å². The number of imide groups is 1. The Morgan fingerprint density at radius 2 is 1.92 bits per heavy atom. The lowest BCUT2D eigenvalue weighted by Crippen LogP contribution is -2.44. The molecule has 2 saturated carbocycles. The average molecular weight is 505 g/mol. The molecule has 1 aromatic heterocycles. The van der Waals surface area contributed by atoms with Crippen LogP contribution in [0.25, 0.3) is 0 Å². The van der Waals surface area contributed by atoms with E-state index in [1.165, 1.54) is 16.9 Å². The molecule has 1 saturated heterocycles. The summed E-state index contributed by atoms with van der Waals surface area (Å²) in [5, 5.41) is 4.52. The maximum absolute atomic E-state index is 13.8. The monoisotopic (exact) mass is 504 g/mol. The normalized spacial score (nSPS) is 24.5. The fourth-order valence-electron chi connectivity index (χ4n) is 6.25. The van der Waals surface area contributed by atoms with Crippen molar-refractivity contribution in [2.75, 3.05) is 6.61 Å². The summed E-state index contributed by atoms with van der Waals surface area (Å²) >= 11 is 0. The van der Waals surface area contributed by atoms with Crippen LogP contribution in [-0.4, -0.2) is 34.7 Å². The van der Waals surface area contributed by atoms with Gasteiger partial charge < -0.3 is 9.26 Å². The van der Waals surface area contributed by atoms with Crippen molar-refractivity contribution in [1.82, 2.24) is 10.1 Å². The van der Waals surface area contributed by atoms with Gasteiger partial charge in [-0.25, -0.2) is 9.69 Å².